The lowest BCUT2D eigenvalue weighted by Gasteiger charge is -2.35. The number of rotatable bonds is 6. The molecular formula is C21H32ClN3O. The molecule has 5 heteroatoms. The predicted molar refractivity (Wildman–Crippen MR) is 107 cm³/mol. The van der Waals surface area contributed by atoms with E-state index in [1.165, 1.54) is 50.8 Å². The van der Waals surface area contributed by atoms with Gasteiger partial charge in [0, 0.05) is 36.2 Å². The SMILES string of the molecule is Clc1cccc(C(CNC2CCCC2C2COCCN2)N2CCCC2)c1. The fourth-order valence-corrected chi connectivity index (χ4v) is 5.27. The Kier molecular flexibility index (Phi) is 6.49. The van der Waals surface area contributed by atoms with Crippen LogP contribution < -0.4 is 10.6 Å². The van der Waals surface area contributed by atoms with Crippen molar-refractivity contribution in [3.8, 4) is 0 Å². The molecule has 0 spiro atoms. The molecule has 4 nitrogen and oxygen atoms in total. The average molecular weight is 378 g/mol. The van der Waals surface area contributed by atoms with E-state index in [2.05, 4.69) is 33.7 Å². The summed E-state index contributed by atoms with van der Waals surface area (Å²) < 4.78 is 5.72. The van der Waals surface area contributed by atoms with Gasteiger partial charge in [0.05, 0.1) is 13.2 Å². The van der Waals surface area contributed by atoms with Gasteiger partial charge in [-0.25, -0.2) is 0 Å². The summed E-state index contributed by atoms with van der Waals surface area (Å²) in [5.41, 5.74) is 1.35. The molecule has 0 bridgehead atoms. The number of hydrogen-bond donors (Lipinski definition) is 2. The quantitative estimate of drug-likeness (QED) is 0.798. The van der Waals surface area contributed by atoms with E-state index in [4.69, 9.17) is 16.3 Å². The smallest absolute Gasteiger partial charge is 0.0623 e. The molecule has 3 aliphatic rings. The number of nitrogens with one attached hydrogen (secondary N) is 2. The minimum Gasteiger partial charge on any atom is -0.379 e. The van der Waals surface area contributed by atoms with E-state index >= 15 is 0 Å². The van der Waals surface area contributed by atoms with Crippen molar-refractivity contribution in [2.45, 2.75) is 50.2 Å². The molecule has 0 radical (unpaired) electrons. The second-order valence-corrected chi connectivity index (χ2v) is 8.50. The first kappa shape index (κ1) is 18.7. The Bertz CT molecular complexity index is 572. The second kappa shape index (κ2) is 9.03. The Morgan fingerprint density at radius 3 is 2.88 bits per heavy atom. The molecule has 26 heavy (non-hydrogen) atoms. The van der Waals surface area contributed by atoms with Crippen molar-refractivity contribution in [1.29, 1.82) is 0 Å². The van der Waals surface area contributed by atoms with Crippen molar-refractivity contribution in [2.24, 2.45) is 5.92 Å². The van der Waals surface area contributed by atoms with Crippen molar-refractivity contribution in [3.63, 3.8) is 0 Å². The van der Waals surface area contributed by atoms with E-state index in [0.29, 0.717) is 24.0 Å². The van der Waals surface area contributed by atoms with Crippen LogP contribution in [-0.4, -0.2) is 56.4 Å². The van der Waals surface area contributed by atoms with E-state index in [9.17, 15) is 0 Å². The Labute approximate surface area is 162 Å². The van der Waals surface area contributed by atoms with Gasteiger partial charge in [-0.3, -0.25) is 4.90 Å². The van der Waals surface area contributed by atoms with Crippen molar-refractivity contribution in [3.05, 3.63) is 34.9 Å². The summed E-state index contributed by atoms with van der Waals surface area (Å²) >= 11 is 6.29. The third-order valence-corrected chi connectivity index (χ3v) is 6.66. The highest BCUT2D eigenvalue weighted by molar-refractivity contribution is 6.30. The van der Waals surface area contributed by atoms with Crippen LogP contribution in [0.3, 0.4) is 0 Å². The fourth-order valence-electron chi connectivity index (χ4n) is 5.07. The van der Waals surface area contributed by atoms with E-state index < -0.39 is 0 Å². The molecule has 4 rings (SSSR count). The molecule has 1 aromatic carbocycles. The Morgan fingerprint density at radius 2 is 2.12 bits per heavy atom. The average Bonchev–Trinajstić information content (AvgIpc) is 3.35. The minimum absolute atomic E-state index is 0.424. The molecule has 1 aliphatic carbocycles. The van der Waals surface area contributed by atoms with Gasteiger partial charge in [-0.15, -0.1) is 0 Å². The first-order valence-corrected chi connectivity index (χ1v) is 10.7. The maximum absolute atomic E-state index is 6.29. The van der Waals surface area contributed by atoms with E-state index in [1.54, 1.807) is 0 Å². The van der Waals surface area contributed by atoms with Gasteiger partial charge in [0.1, 0.15) is 0 Å². The maximum atomic E-state index is 6.29. The Balaban J connectivity index is 1.42. The molecule has 2 heterocycles. The number of morpholine rings is 1. The first-order chi connectivity index (χ1) is 12.8. The first-order valence-electron chi connectivity index (χ1n) is 10.4. The molecule has 4 atom stereocenters. The summed E-state index contributed by atoms with van der Waals surface area (Å²) in [6.07, 6.45) is 6.54. The topological polar surface area (TPSA) is 36.5 Å². The monoisotopic (exact) mass is 377 g/mol. The molecule has 0 amide bonds. The van der Waals surface area contributed by atoms with Crippen molar-refractivity contribution in [1.82, 2.24) is 15.5 Å². The highest BCUT2D eigenvalue weighted by Crippen LogP contribution is 2.31. The number of benzene rings is 1. The van der Waals surface area contributed by atoms with Crippen molar-refractivity contribution < 1.29 is 4.74 Å². The second-order valence-electron chi connectivity index (χ2n) is 8.06. The molecule has 2 saturated heterocycles. The molecular weight excluding hydrogens is 346 g/mol. The zero-order chi connectivity index (χ0) is 17.8. The number of halogens is 1. The Hall–Kier alpha value is -0.650. The molecule has 3 fully saturated rings. The number of likely N-dealkylation sites (tertiary alicyclic amines) is 1. The lowest BCUT2D eigenvalue weighted by Crippen LogP contribution is -2.51. The van der Waals surface area contributed by atoms with Gasteiger partial charge in [0.25, 0.3) is 0 Å². The van der Waals surface area contributed by atoms with Gasteiger partial charge < -0.3 is 15.4 Å². The van der Waals surface area contributed by atoms with Gasteiger partial charge in [0.2, 0.25) is 0 Å². The lowest BCUT2D eigenvalue weighted by atomic mass is 9.93. The van der Waals surface area contributed by atoms with E-state index in [-0.39, 0.29) is 0 Å². The zero-order valence-corrected chi connectivity index (χ0v) is 16.4. The molecule has 144 valence electrons. The van der Waals surface area contributed by atoms with Crippen LogP contribution in [0.15, 0.2) is 24.3 Å². The van der Waals surface area contributed by atoms with E-state index in [0.717, 1.165) is 31.3 Å². The third-order valence-electron chi connectivity index (χ3n) is 6.42. The summed E-state index contributed by atoms with van der Waals surface area (Å²) in [5, 5.41) is 8.47. The number of nitrogens with zero attached hydrogens (tertiary/aromatic N) is 1. The largest absolute Gasteiger partial charge is 0.379 e. The number of hydrogen-bond acceptors (Lipinski definition) is 4. The van der Waals surface area contributed by atoms with Crippen LogP contribution in [0.2, 0.25) is 5.02 Å². The highest BCUT2D eigenvalue weighted by Gasteiger charge is 2.35. The summed E-state index contributed by atoms with van der Waals surface area (Å²) in [5.74, 6) is 0.689. The van der Waals surface area contributed by atoms with Crippen molar-refractivity contribution >= 4 is 11.6 Å². The summed E-state index contributed by atoms with van der Waals surface area (Å²) in [6, 6.07) is 9.98. The normalized spacial score (nSPS) is 31.3. The summed E-state index contributed by atoms with van der Waals surface area (Å²) in [6.45, 7) is 6.12. The molecule has 0 aromatic heterocycles. The van der Waals surface area contributed by atoms with Crippen LogP contribution in [0.25, 0.3) is 0 Å². The minimum atomic E-state index is 0.424. The highest BCUT2D eigenvalue weighted by atomic mass is 35.5. The van der Waals surface area contributed by atoms with Gasteiger partial charge in [0.15, 0.2) is 0 Å². The molecule has 1 saturated carbocycles. The van der Waals surface area contributed by atoms with Crippen molar-refractivity contribution in [2.75, 3.05) is 39.4 Å². The molecule has 2 N–H and O–H groups in total. The lowest BCUT2D eigenvalue weighted by molar-refractivity contribution is 0.0519. The van der Waals surface area contributed by atoms with Crippen LogP contribution in [0.1, 0.15) is 43.7 Å². The van der Waals surface area contributed by atoms with Gasteiger partial charge in [-0.05, 0) is 62.4 Å². The summed E-state index contributed by atoms with van der Waals surface area (Å²) in [4.78, 5) is 2.63. The number of ether oxygens (including phenoxy) is 1. The van der Waals surface area contributed by atoms with Crippen LogP contribution in [0.5, 0.6) is 0 Å². The predicted octanol–water partition coefficient (Wildman–Crippen LogP) is 3.22. The Morgan fingerprint density at radius 1 is 1.23 bits per heavy atom. The fraction of sp³-hybridized carbons (Fsp3) is 0.714. The van der Waals surface area contributed by atoms with Crippen LogP contribution in [0, 0.1) is 5.92 Å². The van der Waals surface area contributed by atoms with Gasteiger partial charge >= 0.3 is 0 Å². The van der Waals surface area contributed by atoms with Crippen LogP contribution in [0.4, 0.5) is 0 Å². The van der Waals surface area contributed by atoms with Gasteiger partial charge in [-0.2, -0.15) is 0 Å². The summed E-state index contributed by atoms with van der Waals surface area (Å²) in [7, 11) is 0. The zero-order valence-electron chi connectivity index (χ0n) is 15.6. The molecule has 4 unspecified atom stereocenters. The van der Waals surface area contributed by atoms with Crippen LogP contribution >= 0.6 is 11.6 Å². The maximum Gasteiger partial charge on any atom is 0.0623 e. The molecule has 1 aromatic rings. The van der Waals surface area contributed by atoms with E-state index in [1.807, 2.05) is 6.07 Å². The molecule has 2 aliphatic heterocycles. The van der Waals surface area contributed by atoms with Crippen LogP contribution in [-0.2, 0) is 4.74 Å². The third kappa shape index (κ3) is 4.42. The van der Waals surface area contributed by atoms with Gasteiger partial charge in [-0.1, -0.05) is 30.2 Å². The standard InChI is InChI=1S/C21H32ClN3O/c22-17-6-3-5-16(13-17)21(25-10-1-2-11-25)14-24-19-8-4-7-18(19)20-15-26-12-9-23-20/h3,5-6,13,18-21,23-24H,1-2,4,7-12,14-15H2.